The molecule has 0 amide bonds. The molecule has 1 aromatic heterocycles. The van der Waals surface area contributed by atoms with Crippen molar-refractivity contribution in [3.63, 3.8) is 0 Å². The number of rotatable bonds is 4. The van der Waals surface area contributed by atoms with Gasteiger partial charge in [-0.2, -0.15) is 0 Å². The second kappa shape index (κ2) is 6.37. The molecular weight excluding hydrogens is 271 g/mol. The predicted molar refractivity (Wildman–Crippen MR) is 81.4 cm³/mol. The van der Waals surface area contributed by atoms with E-state index in [2.05, 4.69) is 31.1 Å². The van der Waals surface area contributed by atoms with E-state index < -0.39 is 0 Å². The van der Waals surface area contributed by atoms with E-state index in [1.54, 1.807) is 24.0 Å². The third kappa shape index (κ3) is 4.62. The molecule has 0 saturated heterocycles. The van der Waals surface area contributed by atoms with Crippen molar-refractivity contribution in [2.75, 3.05) is 0 Å². The van der Waals surface area contributed by atoms with Gasteiger partial charge in [-0.15, -0.1) is 0 Å². The van der Waals surface area contributed by atoms with Crippen LogP contribution >= 0.6 is 11.8 Å². The Morgan fingerprint density at radius 2 is 2.00 bits per heavy atom. The molecule has 0 fully saturated rings. The molecule has 20 heavy (non-hydrogen) atoms. The Morgan fingerprint density at radius 3 is 2.65 bits per heavy atom. The molecule has 1 aromatic carbocycles. The largest absolute Gasteiger partial charge is 0.308 e. The third-order valence-corrected chi connectivity index (χ3v) is 3.75. The van der Waals surface area contributed by atoms with Gasteiger partial charge in [-0.05, 0) is 56.7 Å². The minimum atomic E-state index is -0.207. The molecule has 2 rings (SSSR count). The van der Waals surface area contributed by atoms with E-state index >= 15 is 0 Å². The maximum Gasteiger partial charge on any atom is 0.123 e. The molecule has 2 aromatic rings. The summed E-state index contributed by atoms with van der Waals surface area (Å²) in [7, 11) is 0. The summed E-state index contributed by atoms with van der Waals surface area (Å²) >= 11 is 1.56. The molecule has 0 spiro atoms. The summed E-state index contributed by atoms with van der Waals surface area (Å²) in [6.07, 6.45) is 1.76. The van der Waals surface area contributed by atoms with Crippen LogP contribution in [0, 0.1) is 5.82 Å². The van der Waals surface area contributed by atoms with Crippen LogP contribution in [0.2, 0.25) is 0 Å². The number of nitrogens with zero attached hydrogens (tertiary/aromatic N) is 1. The smallest absolute Gasteiger partial charge is 0.123 e. The quantitative estimate of drug-likeness (QED) is 0.910. The number of hydrogen-bond donors (Lipinski definition) is 1. The van der Waals surface area contributed by atoms with E-state index in [1.165, 1.54) is 6.07 Å². The van der Waals surface area contributed by atoms with Crippen molar-refractivity contribution in [2.24, 2.45) is 0 Å². The van der Waals surface area contributed by atoms with Gasteiger partial charge in [0.2, 0.25) is 0 Å². The van der Waals surface area contributed by atoms with E-state index in [1.807, 2.05) is 24.3 Å². The van der Waals surface area contributed by atoms with E-state index in [0.29, 0.717) is 6.54 Å². The molecule has 0 aliphatic carbocycles. The Labute approximate surface area is 123 Å². The summed E-state index contributed by atoms with van der Waals surface area (Å²) in [5, 5.41) is 4.30. The highest BCUT2D eigenvalue weighted by Gasteiger charge is 2.12. The molecule has 4 heteroatoms. The normalized spacial score (nSPS) is 11.6. The average Bonchev–Trinajstić information content (AvgIpc) is 2.39. The van der Waals surface area contributed by atoms with Crippen LogP contribution in [0.5, 0.6) is 0 Å². The van der Waals surface area contributed by atoms with Crippen LogP contribution in [-0.2, 0) is 6.54 Å². The van der Waals surface area contributed by atoms with Gasteiger partial charge in [0.1, 0.15) is 10.8 Å². The lowest BCUT2D eigenvalue weighted by atomic mass is 10.1. The average molecular weight is 290 g/mol. The molecule has 0 aliphatic heterocycles. The van der Waals surface area contributed by atoms with E-state index in [9.17, 15) is 4.39 Å². The van der Waals surface area contributed by atoms with Crippen LogP contribution in [0.4, 0.5) is 4.39 Å². The minimum Gasteiger partial charge on any atom is -0.308 e. The van der Waals surface area contributed by atoms with Crippen molar-refractivity contribution in [2.45, 2.75) is 42.8 Å². The Morgan fingerprint density at radius 1 is 1.20 bits per heavy atom. The second-order valence-electron chi connectivity index (χ2n) is 5.63. The fourth-order valence-electron chi connectivity index (χ4n) is 1.67. The van der Waals surface area contributed by atoms with Crippen LogP contribution < -0.4 is 5.32 Å². The monoisotopic (exact) mass is 290 g/mol. The highest BCUT2D eigenvalue weighted by molar-refractivity contribution is 7.99. The summed E-state index contributed by atoms with van der Waals surface area (Å²) in [6.45, 7) is 6.92. The van der Waals surface area contributed by atoms with E-state index in [4.69, 9.17) is 0 Å². The molecule has 0 bridgehead atoms. The zero-order valence-corrected chi connectivity index (χ0v) is 12.8. The molecule has 0 saturated carbocycles. The number of aromatic nitrogens is 1. The van der Waals surface area contributed by atoms with Crippen LogP contribution in [0.15, 0.2) is 52.5 Å². The number of halogens is 1. The first-order valence-electron chi connectivity index (χ1n) is 6.56. The van der Waals surface area contributed by atoms with Gasteiger partial charge >= 0.3 is 0 Å². The number of hydrogen-bond acceptors (Lipinski definition) is 3. The van der Waals surface area contributed by atoms with Crippen LogP contribution in [0.3, 0.4) is 0 Å². The molecule has 1 N–H and O–H groups in total. The highest BCUT2D eigenvalue weighted by Crippen LogP contribution is 2.29. The topological polar surface area (TPSA) is 24.9 Å². The maximum absolute atomic E-state index is 13.5. The number of benzene rings is 1. The lowest BCUT2D eigenvalue weighted by Crippen LogP contribution is -2.35. The first-order chi connectivity index (χ1) is 9.44. The fourth-order valence-corrected chi connectivity index (χ4v) is 2.55. The van der Waals surface area contributed by atoms with Crippen LogP contribution in [-0.4, -0.2) is 10.5 Å². The van der Waals surface area contributed by atoms with Crippen LogP contribution in [0.25, 0.3) is 0 Å². The first-order valence-corrected chi connectivity index (χ1v) is 7.38. The zero-order valence-electron chi connectivity index (χ0n) is 12.0. The SMILES string of the molecule is CC(C)(C)NCc1cc(F)ccc1Sc1ccccn1. The van der Waals surface area contributed by atoms with Gasteiger partial charge in [0.25, 0.3) is 0 Å². The van der Waals surface area contributed by atoms with Gasteiger partial charge in [-0.25, -0.2) is 9.37 Å². The standard InChI is InChI=1S/C16H19FN2S/c1-16(2,3)19-11-12-10-13(17)7-8-14(12)20-15-6-4-5-9-18-15/h4-10,19H,11H2,1-3H3. The summed E-state index contributed by atoms with van der Waals surface area (Å²) in [5.74, 6) is -0.207. The van der Waals surface area contributed by atoms with Crippen molar-refractivity contribution in [3.05, 3.63) is 54.0 Å². The molecule has 1 heterocycles. The van der Waals surface area contributed by atoms with Crippen LogP contribution in [0.1, 0.15) is 26.3 Å². The molecule has 2 nitrogen and oxygen atoms in total. The Bertz CT molecular complexity index is 564. The third-order valence-electron chi connectivity index (χ3n) is 2.68. The fraction of sp³-hybridized carbons (Fsp3) is 0.312. The molecule has 0 atom stereocenters. The molecular formula is C16H19FN2S. The van der Waals surface area contributed by atoms with E-state index in [0.717, 1.165) is 15.5 Å². The molecule has 0 aliphatic rings. The van der Waals surface area contributed by atoms with Gasteiger partial charge in [-0.1, -0.05) is 17.8 Å². The Hall–Kier alpha value is -1.39. The molecule has 0 unspecified atom stereocenters. The van der Waals surface area contributed by atoms with Gasteiger partial charge in [0, 0.05) is 23.2 Å². The lowest BCUT2D eigenvalue weighted by molar-refractivity contribution is 0.422. The maximum atomic E-state index is 13.5. The number of nitrogens with one attached hydrogen (secondary N) is 1. The summed E-state index contributed by atoms with van der Waals surface area (Å²) in [5.41, 5.74) is 0.953. The summed E-state index contributed by atoms with van der Waals surface area (Å²) in [4.78, 5) is 5.32. The lowest BCUT2D eigenvalue weighted by Gasteiger charge is -2.21. The molecule has 0 radical (unpaired) electrons. The van der Waals surface area contributed by atoms with Gasteiger partial charge in [0.15, 0.2) is 0 Å². The van der Waals surface area contributed by atoms with Crippen molar-refractivity contribution < 1.29 is 4.39 Å². The highest BCUT2D eigenvalue weighted by atomic mass is 32.2. The number of pyridine rings is 1. The van der Waals surface area contributed by atoms with E-state index in [-0.39, 0.29) is 11.4 Å². The molecule has 106 valence electrons. The van der Waals surface area contributed by atoms with Gasteiger partial charge < -0.3 is 5.32 Å². The van der Waals surface area contributed by atoms with Crippen molar-refractivity contribution in [1.29, 1.82) is 0 Å². The minimum absolute atomic E-state index is 0.000743. The Kier molecular flexibility index (Phi) is 4.78. The Balaban J connectivity index is 2.19. The summed E-state index contributed by atoms with van der Waals surface area (Å²) < 4.78 is 13.5. The van der Waals surface area contributed by atoms with Crippen molar-refractivity contribution >= 4 is 11.8 Å². The summed E-state index contributed by atoms with van der Waals surface area (Å²) in [6, 6.07) is 10.7. The van der Waals surface area contributed by atoms with Gasteiger partial charge in [0.05, 0.1) is 0 Å². The zero-order chi connectivity index (χ0) is 14.6. The van der Waals surface area contributed by atoms with Crippen molar-refractivity contribution in [1.82, 2.24) is 10.3 Å². The predicted octanol–water partition coefficient (Wildman–Crippen LogP) is 4.26. The van der Waals surface area contributed by atoms with Crippen molar-refractivity contribution in [3.8, 4) is 0 Å². The van der Waals surface area contributed by atoms with Gasteiger partial charge in [-0.3, -0.25) is 0 Å². The second-order valence-corrected chi connectivity index (χ2v) is 6.69. The first kappa shape index (κ1) is 15.0.